The first-order chi connectivity index (χ1) is 17.0. The van der Waals surface area contributed by atoms with Crippen molar-refractivity contribution in [3.8, 4) is 44.6 Å². The molecule has 0 atom stereocenters. The third-order valence-corrected chi connectivity index (χ3v) is 5.95. The number of hydrogen-bond donors (Lipinski definition) is 1. The van der Waals surface area contributed by atoms with Crippen LogP contribution in [0.3, 0.4) is 0 Å². The molecule has 0 bridgehead atoms. The van der Waals surface area contributed by atoms with Crippen molar-refractivity contribution in [2.45, 2.75) is 13.8 Å². The minimum absolute atomic E-state index is 0. The Bertz CT molecular complexity index is 1570. The fraction of sp³-hybridized carbons (Fsp3) is 0.0625. The monoisotopic (exact) mass is 647 g/mol. The summed E-state index contributed by atoms with van der Waals surface area (Å²) in [4.78, 5) is 15.0. The summed E-state index contributed by atoms with van der Waals surface area (Å²) in [5, 5.41) is 9.62. The van der Waals surface area contributed by atoms with E-state index in [4.69, 9.17) is 10.1 Å². The zero-order valence-corrected chi connectivity index (χ0v) is 22.3. The van der Waals surface area contributed by atoms with Crippen LogP contribution in [-0.2, 0) is 24.9 Å². The molecule has 0 amide bonds. The number of allylic oxidation sites excluding steroid dienone is 2. The van der Waals surface area contributed by atoms with Crippen LogP contribution in [0.25, 0.3) is 55.5 Å². The summed E-state index contributed by atoms with van der Waals surface area (Å²) in [5.41, 5.74) is 10.5. The first-order valence-electron chi connectivity index (χ1n) is 11.5. The van der Waals surface area contributed by atoms with Gasteiger partial charge in [0.25, 0.3) is 0 Å². The van der Waals surface area contributed by atoms with E-state index in [0.717, 1.165) is 16.8 Å². The van der Waals surface area contributed by atoms with Gasteiger partial charge in [0.1, 0.15) is 0 Å². The number of carbonyl (C=O) groups is 1. The van der Waals surface area contributed by atoms with E-state index in [1.165, 1.54) is 58.7 Å². The quantitative estimate of drug-likeness (QED) is 0.120. The van der Waals surface area contributed by atoms with Crippen molar-refractivity contribution in [1.82, 2.24) is 4.98 Å². The van der Waals surface area contributed by atoms with E-state index in [1.54, 1.807) is 0 Å². The molecule has 1 aromatic heterocycles. The van der Waals surface area contributed by atoms with Crippen LogP contribution in [-0.4, -0.2) is 15.9 Å². The Morgan fingerprint density at radius 3 is 2.06 bits per heavy atom. The summed E-state index contributed by atoms with van der Waals surface area (Å²) in [6.45, 7) is 2.85. The van der Waals surface area contributed by atoms with Crippen molar-refractivity contribution >= 4 is 16.7 Å². The average molecular weight is 647 g/mol. The Morgan fingerprint density at radius 2 is 1.44 bits per heavy atom. The van der Waals surface area contributed by atoms with E-state index in [-0.39, 0.29) is 31.6 Å². The molecular formula is C32H24IrNO2-. The number of nitrogens with zero attached hydrogens (tertiary/aromatic N) is 1. The number of hydrogen-bond acceptors (Lipinski definition) is 3. The second kappa shape index (κ2) is 10.8. The second-order valence-electron chi connectivity index (χ2n) is 8.55. The predicted molar refractivity (Wildman–Crippen MR) is 143 cm³/mol. The van der Waals surface area contributed by atoms with Gasteiger partial charge in [-0.1, -0.05) is 83.9 Å². The largest absolute Gasteiger partial charge is 0.512 e. The van der Waals surface area contributed by atoms with Crippen LogP contribution in [0.15, 0.2) is 109 Å². The molecule has 0 aliphatic heterocycles. The van der Waals surface area contributed by atoms with Crippen molar-refractivity contribution in [2.75, 3.05) is 0 Å². The van der Waals surface area contributed by atoms with Crippen molar-refractivity contribution in [1.29, 1.82) is 0 Å². The van der Waals surface area contributed by atoms with E-state index in [1.807, 2.05) is 6.07 Å². The molecule has 36 heavy (non-hydrogen) atoms. The SMILES string of the molecule is CC(=O)C=C(C)O.[Ir].[c-]1cc(-c2ccccc2)ccc1-c1cc2c3c(cccc3n1)-c1ccccc1-2. The van der Waals surface area contributed by atoms with E-state index in [9.17, 15) is 4.79 Å². The third kappa shape index (κ3) is 5.06. The molecule has 0 unspecified atom stereocenters. The molecule has 1 N–H and O–H groups in total. The molecular weight excluding hydrogens is 623 g/mol. The average Bonchev–Trinajstić information content (AvgIpc) is 3.20. The minimum atomic E-state index is -0.125. The Balaban J connectivity index is 0.000000338. The zero-order valence-electron chi connectivity index (χ0n) is 20.0. The molecule has 1 aliphatic rings. The molecule has 0 fully saturated rings. The second-order valence-corrected chi connectivity index (χ2v) is 8.55. The van der Waals surface area contributed by atoms with Gasteiger partial charge in [-0.15, -0.1) is 29.8 Å². The zero-order chi connectivity index (χ0) is 24.4. The van der Waals surface area contributed by atoms with Gasteiger partial charge in [-0.05, 0) is 47.9 Å². The summed E-state index contributed by atoms with van der Waals surface area (Å²) in [7, 11) is 0. The Hall–Kier alpha value is -3.85. The molecule has 4 aromatic carbocycles. The van der Waals surface area contributed by atoms with E-state index >= 15 is 0 Å². The Kier molecular flexibility index (Phi) is 7.59. The molecule has 3 nitrogen and oxygen atoms in total. The first-order valence-corrected chi connectivity index (χ1v) is 11.5. The number of ketones is 1. The third-order valence-electron chi connectivity index (χ3n) is 5.95. The van der Waals surface area contributed by atoms with Crippen LogP contribution in [0.5, 0.6) is 0 Å². The number of pyridine rings is 1. The van der Waals surface area contributed by atoms with Crippen molar-refractivity contribution in [3.63, 3.8) is 0 Å². The number of benzene rings is 4. The van der Waals surface area contributed by atoms with E-state index in [2.05, 4.69) is 97.1 Å². The van der Waals surface area contributed by atoms with Gasteiger partial charge in [-0.25, -0.2) is 0 Å². The van der Waals surface area contributed by atoms with Gasteiger partial charge in [-0.2, -0.15) is 0 Å². The van der Waals surface area contributed by atoms with Gasteiger partial charge in [0, 0.05) is 31.6 Å². The van der Waals surface area contributed by atoms with Crippen LogP contribution < -0.4 is 0 Å². The molecule has 1 aliphatic carbocycles. The number of rotatable bonds is 3. The molecule has 1 radical (unpaired) electrons. The molecule has 4 heteroatoms. The molecule has 1 heterocycles. The van der Waals surface area contributed by atoms with Gasteiger partial charge in [-0.3, -0.25) is 9.78 Å². The predicted octanol–water partition coefficient (Wildman–Crippen LogP) is 8.05. The van der Waals surface area contributed by atoms with E-state index < -0.39 is 0 Å². The fourth-order valence-electron chi connectivity index (χ4n) is 4.50. The summed E-state index contributed by atoms with van der Waals surface area (Å²) in [6, 6.07) is 37.4. The first kappa shape index (κ1) is 25.2. The molecule has 0 spiro atoms. The maximum absolute atomic E-state index is 10.0. The fourth-order valence-corrected chi connectivity index (χ4v) is 4.50. The van der Waals surface area contributed by atoms with Gasteiger partial charge < -0.3 is 5.11 Å². The molecule has 5 aromatic rings. The summed E-state index contributed by atoms with van der Waals surface area (Å²) in [5.74, 6) is -0.0625. The normalized spacial score (nSPS) is 11.2. The van der Waals surface area contributed by atoms with Crippen molar-refractivity contribution in [3.05, 3.63) is 115 Å². The van der Waals surface area contributed by atoms with Gasteiger partial charge in [0.05, 0.1) is 11.3 Å². The number of aliphatic hydroxyl groups is 1. The van der Waals surface area contributed by atoms with Crippen LogP contribution >= 0.6 is 0 Å². The standard InChI is InChI=1S/C27H16N.C5H8O2.Ir/c1-2-7-18(8-3-1)19-13-15-20(16-14-19)26-17-24-22-10-5-4-9-21(22)23-11-6-12-25(28-26)27(23)24;1-4(6)3-5(2)7;/h1-15,17H;3,6H,1-2H3;/q-1;;. The molecule has 0 saturated carbocycles. The number of carbonyl (C=O) groups excluding carboxylic acids is 1. The smallest absolute Gasteiger partial charge is 0.155 e. The maximum Gasteiger partial charge on any atom is 0.155 e. The molecule has 6 rings (SSSR count). The number of aliphatic hydroxyl groups excluding tert-OH is 1. The number of aromatic nitrogens is 1. The van der Waals surface area contributed by atoms with Crippen LogP contribution in [0.2, 0.25) is 0 Å². The summed E-state index contributed by atoms with van der Waals surface area (Å²) < 4.78 is 0. The maximum atomic E-state index is 10.0. The van der Waals surface area contributed by atoms with Crippen LogP contribution in [0, 0.1) is 6.07 Å². The minimum Gasteiger partial charge on any atom is -0.512 e. The topological polar surface area (TPSA) is 50.2 Å². The summed E-state index contributed by atoms with van der Waals surface area (Å²) >= 11 is 0. The van der Waals surface area contributed by atoms with Crippen LogP contribution in [0.1, 0.15) is 13.8 Å². The van der Waals surface area contributed by atoms with Gasteiger partial charge in [0.15, 0.2) is 5.78 Å². The van der Waals surface area contributed by atoms with Gasteiger partial charge in [0.2, 0.25) is 0 Å². The summed E-state index contributed by atoms with van der Waals surface area (Å²) in [6.07, 6.45) is 1.17. The van der Waals surface area contributed by atoms with E-state index in [0.29, 0.717) is 0 Å². The Labute approximate surface area is 224 Å². The van der Waals surface area contributed by atoms with Crippen LogP contribution in [0.4, 0.5) is 0 Å². The number of fused-ring (bicyclic) bond motifs is 3. The molecule has 179 valence electrons. The Morgan fingerprint density at radius 1 is 0.778 bits per heavy atom. The van der Waals surface area contributed by atoms with Crippen molar-refractivity contribution < 1.29 is 30.0 Å². The van der Waals surface area contributed by atoms with Crippen molar-refractivity contribution in [2.24, 2.45) is 0 Å². The van der Waals surface area contributed by atoms with Gasteiger partial charge >= 0.3 is 0 Å². The molecule has 0 saturated heterocycles.